The Labute approximate surface area is 172 Å². The third kappa shape index (κ3) is 5.60. The first-order valence-corrected chi connectivity index (χ1v) is 10.1. The second kappa shape index (κ2) is 10.7. The van der Waals surface area contributed by atoms with Crippen molar-refractivity contribution in [3.05, 3.63) is 36.4 Å². The Hall–Kier alpha value is -2.81. The molecule has 0 bridgehead atoms. The Morgan fingerprint density at radius 3 is 2.76 bits per heavy atom. The van der Waals surface area contributed by atoms with Gasteiger partial charge in [-0.2, -0.15) is 0 Å². The summed E-state index contributed by atoms with van der Waals surface area (Å²) in [6.45, 7) is 8.14. The Balaban J connectivity index is 1.57. The lowest BCUT2D eigenvalue weighted by atomic mass is 10.2. The van der Waals surface area contributed by atoms with Gasteiger partial charge in [0.1, 0.15) is 17.9 Å². The van der Waals surface area contributed by atoms with Crippen molar-refractivity contribution in [2.75, 3.05) is 57.9 Å². The number of nitrogens with zero attached hydrogens (tertiary/aromatic N) is 6. The van der Waals surface area contributed by atoms with Crippen LogP contribution in [-0.4, -0.2) is 83.7 Å². The van der Waals surface area contributed by atoms with E-state index in [1.165, 1.54) is 0 Å². The van der Waals surface area contributed by atoms with Gasteiger partial charge >= 0.3 is 0 Å². The molecule has 1 fully saturated rings. The molecule has 0 spiro atoms. The van der Waals surface area contributed by atoms with Crippen molar-refractivity contribution in [3.63, 3.8) is 0 Å². The maximum atomic E-state index is 10.1. The van der Waals surface area contributed by atoms with Crippen LogP contribution in [0.5, 0.6) is 5.75 Å². The van der Waals surface area contributed by atoms with Gasteiger partial charge in [-0.3, -0.25) is 4.99 Å². The summed E-state index contributed by atoms with van der Waals surface area (Å²) < 4.78 is 7.22. The fourth-order valence-electron chi connectivity index (χ4n) is 3.43. The van der Waals surface area contributed by atoms with E-state index < -0.39 is 0 Å². The number of ether oxygens (including phenoxy) is 1. The highest BCUT2D eigenvalue weighted by Gasteiger charge is 2.21. The second-order valence-electron chi connectivity index (χ2n) is 6.88. The predicted octanol–water partition coefficient (Wildman–Crippen LogP) is 0.960. The molecule has 0 radical (unpaired) electrons. The van der Waals surface area contributed by atoms with Crippen molar-refractivity contribution in [3.8, 4) is 5.75 Å². The van der Waals surface area contributed by atoms with Crippen molar-refractivity contribution < 1.29 is 9.84 Å². The van der Waals surface area contributed by atoms with Gasteiger partial charge in [0.2, 0.25) is 0 Å². The molecule has 1 aromatic heterocycles. The first-order chi connectivity index (χ1) is 14.2. The molecule has 1 aliphatic heterocycles. The Morgan fingerprint density at radius 1 is 1.24 bits per heavy atom. The summed E-state index contributed by atoms with van der Waals surface area (Å²) in [4.78, 5) is 9.19. The number of nitrogens with one attached hydrogen (secondary N) is 1. The highest BCUT2D eigenvalue weighted by atomic mass is 16.5. The highest BCUT2D eigenvalue weighted by Crippen LogP contribution is 2.27. The summed E-state index contributed by atoms with van der Waals surface area (Å²) in [7, 11) is 1.69. The van der Waals surface area contributed by atoms with E-state index in [1.54, 1.807) is 19.5 Å². The van der Waals surface area contributed by atoms with Crippen molar-refractivity contribution >= 4 is 11.6 Å². The minimum atomic E-state index is 0.328. The van der Waals surface area contributed by atoms with E-state index in [9.17, 15) is 5.11 Å². The molecular weight excluding hydrogens is 370 g/mol. The molecule has 2 aromatic rings. The van der Waals surface area contributed by atoms with E-state index >= 15 is 0 Å². The number of guanidine groups is 1. The number of piperazine rings is 1. The normalized spacial score (nSPS) is 15.0. The van der Waals surface area contributed by atoms with E-state index in [-0.39, 0.29) is 0 Å². The first kappa shape index (κ1) is 20.9. The SMILES string of the molecule is CCc1nncn1CCNC(=NCCOC)N1CCN(c2ccccc2O)CC1. The van der Waals surface area contributed by atoms with Crippen LogP contribution in [0.3, 0.4) is 0 Å². The summed E-state index contributed by atoms with van der Waals surface area (Å²) in [6, 6.07) is 7.49. The van der Waals surface area contributed by atoms with Gasteiger partial charge in [0.25, 0.3) is 0 Å². The second-order valence-corrected chi connectivity index (χ2v) is 6.88. The van der Waals surface area contributed by atoms with Crippen molar-refractivity contribution in [1.29, 1.82) is 0 Å². The van der Waals surface area contributed by atoms with Crippen LogP contribution in [0, 0.1) is 0 Å². The molecule has 0 aliphatic carbocycles. The molecule has 0 saturated carbocycles. The van der Waals surface area contributed by atoms with E-state index in [2.05, 4.69) is 36.8 Å². The number of phenolic OH excluding ortho intramolecular Hbond substituents is 1. The van der Waals surface area contributed by atoms with Crippen LogP contribution in [0.4, 0.5) is 5.69 Å². The number of aliphatic imine (C=N–C) groups is 1. The fraction of sp³-hybridized carbons (Fsp3) is 0.550. The number of phenols is 1. The zero-order valence-electron chi connectivity index (χ0n) is 17.3. The van der Waals surface area contributed by atoms with Crippen LogP contribution in [-0.2, 0) is 17.7 Å². The number of hydrogen-bond donors (Lipinski definition) is 2. The highest BCUT2D eigenvalue weighted by molar-refractivity contribution is 5.80. The largest absolute Gasteiger partial charge is 0.506 e. The number of rotatable bonds is 8. The zero-order valence-corrected chi connectivity index (χ0v) is 17.3. The van der Waals surface area contributed by atoms with Crippen LogP contribution in [0.2, 0.25) is 0 Å². The molecule has 2 N–H and O–H groups in total. The molecule has 1 aliphatic rings. The van der Waals surface area contributed by atoms with Gasteiger partial charge in [0, 0.05) is 52.8 Å². The Bertz CT molecular complexity index is 785. The van der Waals surface area contributed by atoms with Gasteiger partial charge in [-0.15, -0.1) is 10.2 Å². The van der Waals surface area contributed by atoms with Gasteiger partial charge in [-0.25, -0.2) is 0 Å². The van der Waals surface area contributed by atoms with Crippen molar-refractivity contribution in [1.82, 2.24) is 25.0 Å². The third-order valence-electron chi connectivity index (χ3n) is 5.01. The van der Waals surface area contributed by atoms with Crippen molar-refractivity contribution in [2.24, 2.45) is 4.99 Å². The van der Waals surface area contributed by atoms with Crippen LogP contribution >= 0.6 is 0 Å². The standard InChI is InChI=1S/C20H31N7O2/c1-3-19-24-23-16-27(19)10-8-21-20(22-9-15-29-2)26-13-11-25(12-14-26)17-6-4-5-7-18(17)28/h4-7,16,28H,3,8-15H2,1-2H3,(H,21,22). The molecule has 0 atom stereocenters. The molecule has 3 rings (SSSR count). The van der Waals surface area contributed by atoms with Crippen LogP contribution < -0.4 is 10.2 Å². The summed E-state index contributed by atoms with van der Waals surface area (Å²) in [5.41, 5.74) is 0.887. The van der Waals surface area contributed by atoms with E-state index in [0.29, 0.717) is 18.9 Å². The fourth-order valence-corrected chi connectivity index (χ4v) is 3.43. The number of anilines is 1. The van der Waals surface area contributed by atoms with E-state index in [4.69, 9.17) is 9.73 Å². The van der Waals surface area contributed by atoms with Gasteiger partial charge in [0.05, 0.1) is 18.8 Å². The maximum Gasteiger partial charge on any atom is 0.194 e. The summed E-state index contributed by atoms with van der Waals surface area (Å²) in [6.07, 6.45) is 2.64. The topological polar surface area (TPSA) is 91.0 Å². The number of benzene rings is 1. The molecule has 9 nitrogen and oxygen atoms in total. The molecule has 29 heavy (non-hydrogen) atoms. The predicted molar refractivity (Wildman–Crippen MR) is 113 cm³/mol. The van der Waals surface area contributed by atoms with Crippen LogP contribution in [0.1, 0.15) is 12.7 Å². The Morgan fingerprint density at radius 2 is 2.03 bits per heavy atom. The zero-order chi connectivity index (χ0) is 20.5. The lowest BCUT2D eigenvalue weighted by Gasteiger charge is -2.38. The van der Waals surface area contributed by atoms with Gasteiger partial charge in [0.15, 0.2) is 5.96 Å². The van der Waals surface area contributed by atoms with Gasteiger partial charge in [-0.05, 0) is 12.1 Å². The number of aromatic nitrogens is 3. The summed E-state index contributed by atoms with van der Waals surface area (Å²) in [5, 5.41) is 21.7. The summed E-state index contributed by atoms with van der Waals surface area (Å²) in [5.74, 6) is 2.21. The number of aryl methyl sites for hydroxylation is 1. The van der Waals surface area contributed by atoms with Crippen molar-refractivity contribution in [2.45, 2.75) is 19.9 Å². The molecule has 0 amide bonds. The average Bonchev–Trinajstić information content (AvgIpc) is 3.21. The maximum absolute atomic E-state index is 10.1. The average molecular weight is 402 g/mol. The van der Waals surface area contributed by atoms with E-state index in [1.807, 2.05) is 18.2 Å². The van der Waals surface area contributed by atoms with Crippen LogP contribution in [0.25, 0.3) is 0 Å². The molecule has 1 saturated heterocycles. The third-order valence-corrected chi connectivity index (χ3v) is 5.01. The molecule has 2 heterocycles. The number of aromatic hydroxyl groups is 1. The Kier molecular flexibility index (Phi) is 7.69. The minimum absolute atomic E-state index is 0.328. The number of methoxy groups -OCH3 is 1. The van der Waals surface area contributed by atoms with Gasteiger partial charge < -0.3 is 29.5 Å². The quantitative estimate of drug-likeness (QED) is 0.387. The molecule has 1 aromatic carbocycles. The number of para-hydroxylation sites is 2. The lowest BCUT2D eigenvalue weighted by Crippen LogP contribution is -2.53. The summed E-state index contributed by atoms with van der Waals surface area (Å²) >= 11 is 0. The molecule has 158 valence electrons. The van der Waals surface area contributed by atoms with Gasteiger partial charge in [-0.1, -0.05) is 19.1 Å². The first-order valence-electron chi connectivity index (χ1n) is 10.1. The number of hydrogen-bond acceptors (Lipinski definition) is 6. The molecule has 0 unspecified atom stereocenters. The monoisotopic (exact) mass is 401 g/mol. The minimum Gasteiger partial charge on any atom is -0.506 e. The smallest absolute Gasteiger partial charge is 0.194 e. The van der Waals surface area contributed by atoms with E-state index in [0.717, 1.165) is 63.2 Å². The lowest BCUT2D eigenvalue weighted by molar-refractivity contribution is 0.207. The molecular formula is C20H31N7O2. The van der Waals surface area contributed by atoms with Crippen LogP contribution in [0.15, 0.2) is 35.6 Å². The molecule has 9 heteroatoms.